The molecule has 1 fully saturated rings. The molecule has 3 heterocycles. The number of nitrogens with one attached hydrogen (secondary N) is 1. The highest BCUT2D eigenvalue weighted by Gasteiger charge is 2.23. The second kappa shape index (κ2) is 8.18. The molecule has 10 heteroatoms. The van der Waals surface area contributed by atoms with Crippen LogP contribution in [-0.2, 0) is 16.6 Å². The van der Waals surface area contributed by atoms with Crippen LogP contribution < -0.4 is 10.2 Å². The summed E-state index contributed by atoms with van der Waals surface area (Å²) in [6, 6.07) is 12.1. The van der Waals surface area contributed by atoms with E-state index in [1.807, 2.05) is 42.6 Å². The SMILES string of the molecule is CS(=O)(=O)N1CCN(c2ccc(NCc3ccc(-n4cncn4)cc3)cn2)CC1. The molecule has 0 unspecified atom stereocenters. The Bertz CT molecular complexity index is 1030. The fourth-order valence-corrected chi connectivity index (χ4v) is 4.07. The average Bonchev–Trinajstić information content (AvgIpc) is 3.27. The van der Waals surface area contributed by atoms with Gasteiger partial charge in [-0.25, -0.2) is 23.1 Å². The van der Waals surface area contributed by atoms with Gasteiger partial charge in [-0.1, -0.05) is 12.1 Å². The number of nitrogens with zero attached hydrogens (tertiary/aromatic N) is 6. The van der Waals surface area contributed by atoms with E-state index in [1.54, 1.807) is 11.0 Å². The highest BCUT2D eigenvalue weighted by molar-refractivity contribution is 7.88. The zero-order valence-electron chi connectivity index (χ0n) is 16.1. The molecule has 0 aliphatic carbocycles. The van der Waals surface area contributed by atoms with E-state index in [0.29, 0.717) is 32.7 Å². The Labute approximate surface area is 170 Å². The van der Waals surface area contributed by atoms with Crippen molar-refractivity contribution in [2.24, 2.45) is 0 Å². The van der Waals surface area contributed by atoms with Crippen LogP contribution in [0, 0.1) is 0 Å². The molecule has 4 rings (SSSR count). The lowest BCUT2D eigenvalue weighted by Gasteiger charge is -2.34. The summed E-state index contributed by atoms with van der Waals surface area (Å²) in [5.41, 5.74) is 3.05. The molecule has 1 aliphatic heterocycles. The lowest BCUT2D eigenvalue weighted by Crippen LogP contribution is -2.48. The second-order valence-corrected chi connectivity index (χ2v) is 8.90. The Balaban J connectivity index is 1.31. The summed E-state index contributed by atoms with van der Waals surface area (Å²) in [6.45, 7) is 2.96. The molecule has 0 spiro atoms. The monoisotopic (exact) mass is 413 g/mol. The van der Waals surface area contributed by atoms with Crippen molar-refractivity contribution in [3.05, 3.63) is 60.8 Å². The molecule has 1 N–H and O–H groups in total. The van der Waals surface area contributed by atoms with Crippen LogP contribution in [0.3, 0.4) is 0 Å². The summed E-state index contributed by atoms with van der Waals surface area (Å²) in [5, 5.41) is 7.49. The van der Waals surface area contributed by atoms with Crippen LogP contribution in [0.25, 0.3) is 5.69 Å². The molecule has 1 aliphatic rings. The second-order valence-electron chi connectivity index (χ2n) is 6.91. The van der Waals surface area contributed by atoms with Crippen molar-refractivity contribution in [3.63, 3.8) is 0 Å². The van der Waals surface area contributed by atoms with Crippen LogP contribution in [0.1, 0.15) is 5.56 Å². The first-order valence-corrected chi connectivity index (χ1v) is 11.2. The maximum atomic E-state index is 11.6. The summed E-state index contributed by atoms with van der Waals surface area (Å²) in [4.78, 5) is 10.6. The standard InChI is InChI=1S/C19H23N7O2S/c1-29(27,28)25-10-8-24(9-11-25)19-7-4-17(13-22-19)21-12-16-2-5-18(6-3-16)26-15-20-14-23-26/h2-7,13-15,21H,8-12H2,1H3. The largest absolute Gasteiger partial charge is 0.380 e. The van der Waals surface area contributed by atoms with E-state index in [4.69, 9.17) is 0 Å². The minimum Gasteiger partial charge on any atom is -0.380 e. The Kier molecular flexibility index (Phi) is 5.45. The van der Waals surface area contributed by atoms with E-state index in [-0.39, 0.29) is 0 Å². The van der Waals surface area contributed by atoms with Crippen LogP contribution in [0.5, 0.6) is 0 Å². The molecule has 1 aromatic carbocycles. The normalized spacial score (nSPS) is 15.4. The molecule has 0 saturated carbocycles. The van der Waals surface area contributed by atoms with Gasteiger partial charge in [0, 0.05) is 32.7 Å². The highest BCUT2D eigenvalue weighted by atomic mass is 32.2. The number of piperazine rings is 1. The number of benzene rings is 1. The fourth-order valence-electron chi connectivity index (χ4n) is 3.24. The van der Waals surface area contributed by atoms with Crippen molar-refractivity contribution in [3.8, 4) is 5.69 Å². The minimum atomic E-state index is -3.12. The predicted molar refractivity (Wildman–Crippen MR) is 112 cm³/mol. The van der Waals surface area contributed by atoms with E-state index in [9.17, 15) is 8.42 Å². The third-order valence-corrected chi connectivity index (χ3v) is 6.20. The van der Waals surface area contributed by atoms with Gasteiger partial charge in [0.2, 0.25) is 10.0 Å². The number of rotatable bonds is 6. The Hall–Kier alpha value is -2.98. The first-order chi connectivity index (χ1) is 14.0. The van der Waals surface area contributed by atoms with E-state index < -0.39 is 10.0 Å². The van der Waals surface area contributed by atoms with Gasteiger partial charge in [0.05, 0.1) is 23.8 Å². The summed E-state index contributed by atoms with van der Waals surface area (Å²) in [6.07, 6.45) is 6.24. The van der Waals surface area contributed by atoms with Crippen LogP contribution in [0.4, 0.5) is 11.5 Å². The van der Waals surface area contributed by atoms with Gasteiger partial charge in [0.1, 0.15) is 18.5 Å². The summed E-state index contributed by atoms with van der Waals surface area (Å²) < 4.78 is 26.5. The third-order valence-electron chi connectivity index (χ3n) is 4.90. The van der Waals surface area contributed by atoms with E-state index in [1.165, 1.54) is 16.9 Å². The average molecular weight is 414 g/mol. The molecule has 0 atom stereocenters. The number of hydrogen-bond acceptors (Lipinski definition) is 7. The smallest absolute Gasteiger partial charge is 0.211 e. The molecule has 1 saturated heterocycles. The summed E-state index contributed by atoms with van der Waals surface area (Å²) in [7, 11) is -3.12. The van der Waals surface area contributed by atoms with E-state index >= 15 is 0 Å². The van der Waals surface area contributed by atoms with Gasteiger partial charge in [0.25, 0.3) is 0 Å². The summed E-state index contributed by atoms with van der Waals surface area (Å²) >= 11 is 0. The third kappa shape index (κ3) is 4.72. The molecule has 152 valence electrons. The number of hydrogen-bond donors (Lipinski definition) is 1. The predicted octanol–water partition coefficient (Wildman–Crippen LogP) is 1.36. The lowest BCUT2D eigenvalue weighted by atomic mass is 10.2. The van der Waals surface area contributed by atoms with Gasteiger partial charge in [-0.2, -0.15) is 9.40 Å². The van der Waals surface area contributed by atoms with Gasteiger partial charge in [-0.3, -0.25) is 0 Å². The van der Waals surface area contributed by atoms with Crippen molar-refractivity contribution in [2.75, 3.05) is 42.7 Å². The van der Waals surface area contributed by atoms with Crippen LogP contribution >= 0.6 is 0 Å². The number of anilines is 2. The molecule has 3 aromatic rings. The van der Waals surface area contributed by atoms with E-state index in [2.05, 4.69) is 25.3 Å². The molecule has 29 heavy (non-hydrogen) atoms. The van der Waals surface area contributed by atoms with Crippen molar-refractivity contribution in [1.82, 2.24) is 24.1 Å². The molecular weight excluding hydrogens is 390 g/mol. The Morgan fingerprint density at radius 2 is 1.79 bits per heavy atom. The van der Waals surface area contributed by atoms with Crippen LogP contribution in [0.2, 0.25) is 0 Å². The topological polar surface area (TPSA) is 96.2 Å². The zero-order valence-corrected chi connectivity index (χ0v) is 17.0. The van der Waals surface area contributed by atoms with Gasteiger partial charge in [-0.15, -0.1) is 0 Å². The van der Waals surface area contributed by atoms with Crippen LogP contribution in [0.15, 0.2) is 55.2 Å². The highest BCUT2D eigenvalue weighted by Crippen LogP contribution is 2.18. The molecule has 0 radical (unpaired) electrons. The number of pyridine rings is 1. The molecule has 0 amide bonds. The fraction of sp³-hybridized carbons (Fsp3) is 0.316. The maximum absolute atomic E-state index is 11.6. The lowest BCUT2D eigenvalue weighted by molar-refractivity contribution is 0.387. The number of sulfonamides is 1. The van der Waals surface area contributed by atoms with Crippen molar-refractivity contribution < 1.29 is 8.42 Å². The zero-order chi connectivity index (χ0) is 20.3. The summed E-state index contributed by atoms with van der Waals surface area (Å²) in [5.74, 6) is 0.862. The van der Waals surface area contributed by atoms with Gasteiger partial charge in [0.15, 0.2) is 0 Å². The Morgan fingerprint density at radius 1 is 1.03 bits per heavy atom. The first kappa shape index (κ1) is 19.3. The van der Waals surface area contributed by atoms with Crippen molar-refractivity contribution in [2.45, 2.75) is 6.54 Å². The molecule has 9 nitrogen and oxygen atoms in total. The molecule has 2 aromatic heterocycles. The van der Waals surface area contributed by atoms with Crippen molar-refractivity contribution in [1.29, 1.82) is 0 Å². The van der Waals surface area contributed by atoms with Gasteiger partial charge < -0.3 is 10.2 Å². The van der Waals surface area contributed by atoms with E-state index in [0.717, 1.165) is 22.8 Å². The van der Waals surface area contributed by atoms with Crippen LogP contribution in [-0.4, -0.2) is 64.9 Å². The maximum Gasteiger partial charge on any atom is 0.211 e. The Morgan fingerprint density at radius 3 is 2.38 bits per heavy atom. The quantitative estimate of drug-likeness (QED) is 0.652. The number of aromatic nitrogens is 4. The van der Waals surface area contributed by atoms with Gasteiger partial charge in [-0.05, 0) is 29.8 Å². The van der Waals surface area contributed by atoms with Crippen molar-refractivity contribution >= 4 is 21.5 Å². The molecule has 0 bridgehead atoms. The first-order valence-electron chi connectivity index (χ1n) is 9.33. The molecular formula is C19H23N7O2S. The van der Waals surface area contributed by atoms with Gasteiger partial charge >= 0.3 is 0 Å². The minimum absolute atomic E-state index is 0.491.